The Morgan fingerprint density at radius 1 is 1.22 bits per heavy atom. The molecule has 2 N–H and O–H groups in total. The molecule has 2 rings (SSSR count). The summed E-state index contributed by atoms with van der Waals surface area (Å²) in [6.07, 6.45) is 4.54. The summed E-state index contributed by atoms with van der Waals surface area (Å²) in [6, 6.07) is 10.6. The molecule has 1 aromatic rings. The number of hydrogen-bond donors (Lipinski definition) is 2. The Labute approximate surface area is 110 Å². The van der Waals surface area contributed by atoms with Crippen molar-refractivity contribution in [3.63, 3.8) is 0 Å². The molecule has 18 heavy (non-hydrogen) atoms. The third-order valence-corrected chi connectivity index (χ3v) is 4.09. The van der Waals surface area contributed by atoms with Crippen LogP contribution in [0.5, 0.6) is 0 Å². The zero-order valence-corrected chi connectivity index (χ0v) is 11.3. The van der Waals surface area contributed by atoms with Crippen molar-refractivity contribution in [1.29, 1.82) is 0 Å². The average molecular weight is 247 g/mol. The van der Waals surface area contributed by atoms with E-state index in [4.69, 9.17) is 0 Å². The Kier molecular flexibility index (Phi) is 5.21. The van der Waals surface area contributed by atoms with E-state index < -0.39 is 0 Å². The average Bonchev–Trinajstić information content (AvgIpc) is 2.42. The zero-order chi connectivity index (χ0) is 12.8. The van der Waals surface area contributed by atoms with Gasteiger partial charge in [0.2, 0.25) is 0 Å². The summed E-state index contributed by atoms with van der Waals surface area (Å²) in [5, 5.41) is 13.4. The van der Waals surface area contributed by atoms with Crippen LogP contribution in [0.4, 0.5) is 0 Å². The van der Waals surface area contributed by atoms with Crippen molar-refractivity contribution in [2.45, 2.75) is 44.6 Å². The van der Waals surface area contributed by atoms with Crippen molar-refractivity contribution >= 4 is 0 Å². The van der Waals surface area contributed by atoms with Crippen molar-refractivity contribution in [2.75, 3.05) is 13.1 Å². The number of benzene rings is 1. The van der Waals surface area contributed by atoms with E-state index in [1.165, 1.54) is 24.8 Å². The zero-order valence-electron chi connectivity index (χ0n) is 11.3. The van der Waals surface area contributed by atoms with Crippen molar-refractivity contribution in [2.24, 2.45) is 5.92 Å². The number of nitrogens with one attached hydrogen (secondary N) is 1. The minimum atomic E-state index is -0.0849. The summed E-state index contributed by atoms with van der Waals surface area (Å²) < 4.78 is 0. The highest BCUT2D eigenvalue weighted by Gasteiger charge is 2.22. The third kappa shape index (κ3) is 3.82. The maximum atomic E-state index is 9.91. The van der Waals surface area contributed by atoms with Gasteiger partial charge in [0.1, 0.15) is 0 Å². The summed E-state index contributed by atoms with van der Waals surface area (Å²) in [6.45, 7) is 4.20. The van der Waals surface area contributed by atoms with Gasteiger partial charge in [0, 0.05) is 13.1 Å². The van der Waals surface area contributed by atoms with Crippen molar-refractivity contribution in [3.8, 4) is 0 Å². The van der Waals surface area contributed by atoms with Crippen molar-refractivity contribution in [1.82, 2.24) is 5.32 Å². The molecule has 1 fully saturated rings. The Morgan fingerprint density at radius 3 is 2.67 bits per heavy atom. The monoisotopic (exact) mass is 247 g/mol. The van der Waals surface area contributed by atoms with Gasteiger partial charge in [0.05, 0.1) is 6.10 Å². The maximum absolute atomic E-state index is 9.91. The molecule has 0 amide bonds. The predicted molar refractivity (Wildman–Crippen MR) is 75.7 cm³/mol. The van der Waals surface area contributed by atoms with E-state index in [0.717, 1.165) is 19.5 Å². The molecule has 3 atom stereocenters. The molecule has 0 aliphatic heterocycles. The standard InChI is InChI=1S/C16H25NO/c1-13(14-7-3-2-4-8-14)11-17-12-15-9-5-6-10-16(15)18/h2-4,7-8,13,15-18H,5-6,9-12H2,1H3. The summed E-state index contributed by atoms with van der Waals surface area (Å²) >= 11 is 0. The molecule has 1 saturated carbocycles. The molecular formula is C16H25NO. The van der Waals surface area contributed by atoms with Gasteiger partial charge in [-0.3, -0.25) is 0 Å². The predicted octanol–water partition coefficient (Wildman–Crippen LogP) is 2.93. The first kappa shape index (κ1) is 13.6. The van der Waals surface area contributed by atoms with E-state index in [-0.39, 0.29) is 6.10 Å². The fraction of sp³-hybridized carbons (Fsp3) is 0.625. The smallest absolute Gasteiger partial charge is 0.0580 e. The van der Waals surface area contributed by atoms with E-state index >= 15 is 0 Å². The molecule has 0 spiro atoms. The lowest BCUT2D eigenvalue weighted by Gasteiger charge is -2.28. The largest absolute Gasteiger partial charge is 0.393 e. The van der Waals surface area contributed by atoms with Gasteiger partial charge in [-0.05, 0) is 30.2 Å². The van der Waals surface area contributed by atoms with Gasteiger partial charge in [-0.2, -0.15) is 0 Å². The van der Waals surface area contributed by atoms with E-state index in [9.17, 15) is 5.11 Å². The van der Waals surface area contributed by atoms with Crippen LogP contribution >= 0.6 is 0 Å². The number of hydrogen-bond acceptors (Lipinski definition) is 2. The van der Waals surface area contributed by atoms with Crippen molar-refractivity contribution < 1.29 is 5.11 Å². The van der Waals surface area contributed by atoms with Gasteiger partial charge < -0.3 is 10.4 Å². The van der Waals surface area contributed by atoms with Gasteiger partial charge in [-0.1, -0.05) is 50.1 Å². The van der Waals surface area contributed by atoms with Gasteiger partial charge in [0.25, 0.3) is 0 Å². The second-order valence-electron chi connectivity index (χ2n) is 5.58. The van der Waals surface area contributed by atoms with Crippen LogP contribution in [0.2, 0.25) is 0 Å². The minimum Gasteiger partial charge on any atom is -0.393 e. The minimum absolute atomic E-state index is 0.0849. The first-order chi connectivity index (χ1) is 8.77. The molecule has 100 valence electrons. The third-order valence-electron chi connectivity index (χ3n) is 4.09. The lowest BCUT2D eigenvalue weighted by molar-refractivity contribution is 0.0696. The highest BCUT2D eigenvalue weighted by Crippen LogP contribution is 2.23. The van der Waals surface area contributed by atoms with Crippen LogP contribution in [0, 0.1) is 5.92 Å². The molecule has 0 aromatic heterocycles. The van der Waals surface area contributed by atoms with Crippen LogP contribution in [-0.2, 0) is 0 Å². The van der Waals surface area contributed by atoms with Crippen LogP contribution in [0.3, 0.4) is 0 Å². The first-order valence-electron chi connectivity index (χ1n) is 7.21. The number of aliphatic hydroxyl groups is 1. The van der Waals surface area contributed by atoms with Gasteiger partial charge in [-0.15, -0.1) is 0 Å². The van der Waals surface area contributed by atoms with Crippen LogP contribution in [-0.4, -0.2) is 24.3 Å². The molecule has 0 heterocycles. The molecule has 3 unspecified atom stereocenters. The van der Waals surface area contributed by atoms with Crippen LogP contribution in [0.1, 0.15) is 44.1 Å². The number of rotatable bonds is 5. The molecule has 1 aliphatic carbocycles. The summed E-state index contributed by atoms with van der Waals surface area (Å²) in [5.74, 6) is 0.994. The molecular weight excluding hydrogens is 222 g/mol. The van der Waals surface area contributed by atoms with Crippen LogP contribution in [0.15, 0.2) is 30.3 Å². The maximum Gasteiger partial charge on any atom is 0.0580 e. The molecule has 0 bridgehead atoms. The van der Waals surface area contributed by atoms with E-state index in [1.54, 1.807) is 0 Å². The van der Waals surface area contributed by atoms with Gasteiger partial charge in [0.15, 0.2) is 0 Å². The van der Waals surface area contributed by atoms with Gasteiger partial charge >= 0.3 is 0 Å². The quantitative estimate of drug-likeness (QED) is 0.838. The first-order valence-corrected chi connectivity index (χ1v) is 7.21. The second-order valence-corrected chi connectivity index (χ2v) is 5.58. The number of aliphatic hydroxyl groups excluding tert-OH is 1. The molecule has 0 saturated heterocycles. The highest BCUT2D eigenvalue weighted by atomic mass is 16.3. The lowest BCUT2D eigenvalue weighted by atomic mass is 9.86. The summed E-state index contributed by atoms with van der Waals surface area (Å²) in [4.78, 5) is 0. The molecule has 0 radical (unpaired) electrons. The normalized spacial score (nSPS) is 25.9. The Hall–Kier alpha value is -0.860. The van der Waals surface area contributed by atoms with E-state index in [1.807, 2.05) is 0 Å². The van der Waals surface area contributed by atoms with E-state index in [0.29, 0.717) is 11.8 Å². The molecule has 2 nitrogen and oxygen atoms in total. The van der Waals surface area contributed by atoms with Crippen LogP contribution < -0.4 is 5.32 Å². The Bertz CT molecular complexity index is 338. The Balaban J connectivity index is 1.71. The topological polar surface area (TPSA) is 32.3 Å². The molecule has 1 aromatic carbocycles. The summed E-state index contributed by atoms with van der Waals surface area (Å²) in [7, 11) is 0. The lowest BCUT2D eigenvalue weighted by Crippen LogP contribution is -2.35. The fourth-order valence-corrected chi connectivity index (χ4v) is 2.81. The SMILES string of the molecule is CC(CNCC1CCCCC1O)c1ccccc1. The molecule has 2 heteroatoms. The second kappa shape index (κ2) is 6.91. The highest BCUT2D eigenvalue weighted by molar-refractivity contribution is 5.18. The Morgan fingerprint density at radius 2 is 1.94 bits per heavy atom. The van der Waals surface area contributed by atoms with E-state index in [2.05, 4.69) is 42.6 Å². The van der Waals surface area contributed by atoms with Crippen molar-refractivity contribution in [3.05, 3.63) is 35.9 Å². The summed E-state index contributed by atoms with van der Waals surface area (Å²) in [5.41, 5.74) is 1.38. The fourth-order valence-electron chi connectivity index (χ4n) is 2.81. The molecule has 1 aliphatic rings. The van der Waals surface area contributed by atoms with Crippen LogP contribution in [0.25, 0.3) is 0 Å². The van der Waals surface area contributed by atoms with Gasteiger partial charge in [-0.25, -0.2) is 0 Å².